The van der Waals surface area contributed by atoms with E-state index in [9.17, 15) is 0 Å². The lowest BCUT2D eigenvalue weighted by Crippen LogP contribution is -1.91. The molecule has 0 radical (unpaired) electrons. The smallest absolute Gasteiger partial charge is 0.136 e. The highest BCUT2D eigenvalue weighted by Gasteiger charge is 2.05. The summed E-state index contributed by atoms with van der Waals surface area (Å²) in [4.78, 5) is 10.3. The minimum absolute atomic E-state index is 0.912. The highest BCUT2D eigenvalue weighted by atomic mass is 32.2. The molecule has 3 heterocycles. The van der Waals surface area contributed by atoms with Gasteiger partial charge in [-0.3, -0.25) is 0 Å². The van der Waals surface area contributed by atoms with E-state index in [-0.39, 0.29) is 0 Å². The van der Waals surface area contributed by atoms with E-state index in [0.29, 0.717) is 0 Å². The van der Waals surface area contributed by atoms with Crippen molar-refractivity contribution in [3.63, 3.8) is 0 Å². The summed E-state index contributed by atoms with van der Waals surface area (Å²) in [6.45, 7) is 0. The van der Waals surface area contributed by atoms with Crippen LogP contribution in [0.2, 0.25) is 0 Å². The highest BCUT2D eigenvalue weighted by Crippen LogP contribution is 2.29. The van der Waals surface area contributed by atoms with E-state index in [1.807, 2.05) is 65.4 Å². The zero-order valence-corrected chi connectivity index (χ0v) is 13.7. The first-order chi connectivity index (χ1) is 11.9. The van der Waals surface area contributed by atoms with Crippen LogP contribution in [0.25, 0.3) is 17.1 Å². The van der Waals surface area contributed by atoms with E-state index in [4.69, 9.17) is 4.98 Å². The largest absolute Gasteiger partial charge is 0.307 e. The lowest BCUT2D eigenvalue weighted by molar-refractivity contribution is 1.00. The minimum Gasteiger partial charge on any atom is -0.307 e. The quantitative estimate of drug-likeness (QED) is 0.523. The molecule has 1 aromatic carbocycles. The summed E-state index contributed by atoms with van der Waals surface area (Å²) in [5, 5.41) is 0.982. The number of rotatable bonds is 4. The maximum absolute atomic E-state index is 4.76. The molecule has 0 bridgehead atoms. The second kappa shape index (κ2) is 6.72. The van der Waals surface area contributed by atoms with Gasteiger partial charge in [-0.2, -0.15) is 0 Å². The molecule has 4 aromatic rings. The van der Waals surface area contributed by atoms with Crippen LogP contribution in [0.5, 0.6) is 0 Å². The van der Waals surface area contributed by atoms with Gasteiger partial charge in [0.15, 0.2) is 0 Å². The van der Waals surface area contributed by atoms with Gasteiger partial charge in [-0.05, 0) is 30.3 Å². The van der Waals surface area contributed by atoms with Crippen LogP contribution in [0.15, 0.2) is 101 Å². The molecule has 0 aliphatic carbocycles. The molecule has 4 heteroatoms. The molecule has 0 saturated carbocycles. The van der Waals surface area contributed by atoms with Crippen molar-refractivity contribution in [1.29, 1.82) is 0 Å². The number of nitrogens with zero attached hydrogens (tertiary/aromatic N) is 3. The zero-order chi connectivity index (χ0) is 16.2. The Balaban J connectivity index is 1.57. The summed E-state index contributed by atoms with van der Waals surface area (Å²) in [5.41, 5.74) is 2.12. The first-order valence-electron chi connectivity index (χ1n) is 7.68. The van der Waals surface area contributed by atoms with Crippen LogP contribution < -0.4 is 0 Å². The molecule has 3 nitrogen and oxygen atoms in total. The normalized spacial score (nSPS) is 10.7. The van der Waals surface area contributed by atoms with Crippen LogP contribution in [0.1, 0.15) is 0 Å². The van der Waals surface area contributed by atoms with Crippen LogP contribution in [0, 0.1) is 0 Å². The first kappa shape index (κ1) is 14.7. The Hall–Kier alpha value is -2.85. The fraction of sp³-hybridized carbons (Fsp3) is 0. The zero-order valence-electron chi connectivity index (χ0n) is 12.9. The molecule has 0 aliphatic rings. The molecule has 0 N–H and O–H groups in total. The van der Waals surface area contributed by atoms with Crippen LogP contribution in [-0.2, 0) is 0 Å². The molecule has 0 spiro atoms. The molecule has 0 atom stereocenters. The molecule has 0 fully saturated rings. The van der Waals surface area contributed by atoms with E-state index in [0.717, 1.165) is 27.0 Å². The lowest BCUT2D eigenvalue weighted by Gasteiger charge is -2.04. The van der Waals surface area contributed by atoms with Crippen molar-refractivity contribution in [2.24, 2.45) is 0 Å². The van der Waals surface area contributed by atoms with Gasteiger partial charge in [0, 0.05) is 29.0 Å². The number of benzene rings is 1. The number of hydrogen-bond donors (Lipinski definition) is 0. The summed E-state index contributed by atoms with van der Waals surface area (Å²) < 4.78 is 2.02. The second-order valence-electron chi connectivity index (χ2n) is 5.27. The predicted molar refractivity (Wildman–Crippen MR) is 97.4 cm³/mol. The number of hydrogen-bond acceptors (Lipinski definition) is 3. The summed E-state index contributed by atoms with van der Waals surface area (Å²) in [6.07, 6.45) is 5.89. The molecule has 0 aliphatic heterocycles. The van der Waals surface area contributed by atoms with Gasteiger partial charge >= 0.3 is 0 Å². The number of pyridine rings is 2. The fourth-order valence-corrected chi connectivity index (χ4v) is 3.28. The van der Waals surface area contributed by atoms with Crippen LogP contribution in [0.3, 0.4) is 0 Å². The average molecular weight is 329 g/mol. The molecule has 0 amide bonds. The summed E-state index contributed by atoms with van der Waals surface area (Å²) in [6, 6.07) is 24.3. The van der Waals surface area contributed by atoms with Crippen molar-refractivity contribution >= 4 is 11.8 Å². The van der Waals surface area contributed by atoms with Gasteiger partial charge in [-0.15, -0.1) is 0 Å². The van der Waals surface area contributed by atoms with Gasteiger partial charge in [-0.25, -0.2) is 9.97 Å². The molecule has 24 heavy (non-hydrogen) atoms. The van der Waals surface area contributed by atoms with Crippen LogP contribution in [0.4, 0.5) is 0 Å². The van der Waals surface area contributed by atoms with E-state index >= 15 is 0 Å². The average Bonchev–Trinajstić information content (AvgIpc) is 3.12. The molecule has 0 unspecified atom stereocenters. The molecule has 116 valence electrons. The predicted octanol–water partition coefficient (Wildman–Crippen LogP) is 5.09. The van der Waals surface area contributed by atoms with E-state index in [1.165, 1.54) is 0 Å². The fourth-order valence-electron chi connectivity index (χ4n) is 2.45. The highest BCUT2D eigenvalue weighted by molar-refractivity contribution is 7.99. The van der Waals surface area contributed by atoms with Crippen molar-refractivity contribution in [2.45, 2.75) is 9.92 Å². The van der Waals surface area contributed by atoms with E-state index in [2.05, 4.69) is 29.4 Å². The maximum Gasteiger partial charge on any atom is 0.136 e. The Labute approximate surface area is 145 Å². The van der Waals surface area contributed by atoms with Gasteiger partial charge < -0.3 is 4.57 Å². The third kappa shape index (κ3) is 3.24. The topological polar surface area (TPSA) is 30.7 Å². The minimum atomic E-state index is 0.912. The maximum atomic E-state index is 4.76. The van der Waals surface area contributed by atoms with Gasteiger partial charge in [0.25, 0.3) is 0 Å². The Morgan fingerprint density at radius 3 is 2.50 bits per heavy atom. The molecule has 4 rings (SSSR count). The van der Waals surface area contributed by atoms with Crippen molar-refractivity contribution < 1.29 is 0 Å². The van der Waals surface area contributed by atoms with Crippen LogP contribution >= 0.6 is 11.8 Å². The summed E-state index contributed by atoms with van der Waals surface area (Å²) >= 11 is 1.65. The Morgan fingerprint density at radius 2 is 1.67 bits per heavy atom. The summed E-state index contributed by atoms with van der Waals surface area (Å²) in [7, 11) is 0. The van der Waals surface area contributed by atoms with Crippen LogP contribution in [-0.4, -0.2) is 14.5 Å². The molecular weight excluding hydrogens is 314 g/mol. The monoisotopic (exact) mass is 329 g/mol. The van der Waals surface area contributed by atoms with Crippen molar-refractivity contribution in [3.8, 4) is 17.1 Å². The van der Waals surface area contributed by atoms with Crippen molar-refractivity contribution in [2.75, 3.05) is 0 Å². The molecule has 0 saturated heterocycles. The van der Waals surface area contributed by atoms with Crippen molar-refractivity contribution in [1.82, 2.24) is 14.5 Å². The van der Waals surface area contributed by atoms with Gasteiger partial charge in [-0.1, -0.05) is 54.2 Å². The SMILES string of the molecule is c1ccc(-c2cccc(Sc3ccn(-c4ccccn4)c3)n2)cc1. The third-order valence-corrected chi connectivity index (χ3v) is 4.51. The van der Waals surface area contributed by atoms with Gasteiger partial charge in [0.05, 0.1) is 5.69 Å². The van der Waals surface area contributed by atoms with Gasteiger partial charge in [0.2, 0.25) is 0 Å². The molecular formula is C20H15N3S. The summed E-state index contributed by atoms with van der Waals surface area (Å²) in [5.74, 6) is 0.912. The van der Waals surface area contributed by atoms with E-state index < -0.39 is 0 Å². The van der Waals surface area contributed by atoms with Gasteiger partial charge in [0.1, 0.15) is 10.8 Å². The third-order valence-electron chi connectivity index (χ3n) is 3.60. The first-order valence-corrected chi connectivity index (χ1v) is 8.50. The molecule has 3 aromatic heterocycles. The van der Waals surface area contributed by atoms with E-state index in [1.54, 1.807) is 18.0 Å². The van der Waals surface area contributed by atoms with Crippen molar-refractivity contribution in [3.05, 3.63) is 91.4 Å². The Kier molecular flexibility index (Phi) is 4.13. The standard InChI is InChI=1S/C20H15N3S/c1-2-7-16(8-3-1)18-9-6-11-20(22-18)24-17-12-14-23(15-17)19-10-4-5-13-21-19/h1-15H. The second-order valence-corrected chi connectivity index (χ2v) is 6.37. The lowest BCUT2D eigenvalue weighted by atomic mass is 10.1. The number of aromatic nitrogens is 3. The Bertz CT molecular complexity index is 933. The Morgan fingerprint density at radius 1 is 0.792 bits per heavy atom.